The maximum absolute atomic E-state index is 6.00. The lowest BCUT2D eigenvalue weighted by atomic mass is 10.2. The predicted octanol–water partition coefficient (Wildman–Crippen LogP) is 4.70. The maximum Gasteiger partial charge on any atom is 0.229 e. The highest BCUT2D eigenvalue weighted by molar-refractivity contribution is 6.30. The molecule has 2 N–H and O–H groups in total. The van der Waals surface area contributed by atoms with Gasteiger partial charge in [-0.05, 0) is 48.9 Å². The topological polar surface area (TPSA) is 68.3 Å². The summed E-state index contributed by atoms with van der Waals surface area (Å²) in [5.74, 6) is 2.63. The highest BCUT2D eigenvalue weighted by atomic mass is 35.5. The van der Waals surface area contributed by atoms with Crippen LogP contribution in [-0.2, 0) is 0 Å². The summed E-state index contributed by atoms with van der Waals surface area (Å²) >= 11 is 6.00. The highest BCUT2D eigenvalue weighted by Crippen LogP contribution is 2.33. The van der Waals surface area contributed by atoms with Crippen molar-refractivity contribution in [2.45, 2.75) is 6.92 Å². The third-order valence-electron chi connectivity index (χ3n) is 3.91. The second-order valence-electron chi connectivity index (χ2n) is 5.83. The Morgan fingerprint density at radius 3 is 2.65 bits per heavy atom. The van der Waals surface area contributed by atoms with Gasteiger partial charge in [-0.15, -0.1) is 0 Å². The number of fused-ring (bicyclic) bond motifs is 1. The zero-order valence-electron chi connectivity index (χ0n) is 14.1. The molecule has 1 aliphatic heterocycles. The largest absolute Gasteiger partial charge is 0.486 e. The SMILES string of the molecule is Cc1cc(Cl)ccc1Nc1ccnc(Nc2ccc3c(c2)OCCO3)n1. The number of aromatic nitrogens is 2. The summed E-state index contributed by atoms with van der Waals surface area (Å²) in [5, 5.41) is 7.17. The van der Waals surface area contributed by atoms with Gasteiger partial charge < -0.3 is 20.1 Å². The molecule has 2 heterocycles. The average molecular weight is 369 g/mol. The minimum Gasteiger partial charge on any atom is -0.486 e. The molecule has 0 aliphatic carbocycles. The monoisotopic (exact) mass is 368 g/mol. The number of halogens is 1. The van der Waals surface area contributed by atoms with Gasteiger partial charge in [-0.3, -0.25) is 0 Å². The fourth-order valence-electron chi connectivity index (χ4n) is 2.64. The Balaban J connectivity index is 1.52. The quantitative estimate of drug-likeness (QED) is 0.695. The van der Waals surface area contributed by atoms with Gasteiger partial charge in [-0.2, -0.15) is 4.98 Å². The zero-order valence-corrected chi connectivity index (χ0v) is 14.9. The summed E-state index contributed by atoms with van der Waals surface area (Å²) in [5.41, 5.74) is 2.81. The van der Waals surface area contributed by atoms with Crippen LogP contribution in [0.2, 0.25) is 5.02 Å². The van der Waals surface area contributed by atoms with Crippen molar-refractivity contribution in [3.8, 4) is 11.5 Å². The molecule has 0 bridgehead atoms. The molecule has 0 amide bonds. The molecule has 0 fully saturated rings. The van der Waals surface area contributed by atoms with E-state index in [4.69, 9.17) is 21.1 Å². The van der Waals surface area contributed by atoms with Crippen molar-refractivity contribution in [2.75, 3.05) is 23.8 Å². The average Bonchev–Trinajstić information content (AvgIpc) is 2.64. The van der Waals surface area contributed by atoms with Crippen LogP contribution in [0.4, 0.5) is 23.1 Å². The first kappa shape index (κ1) is 16.5. The van der Waals surface area contributed by atoms with E-state index >= 15 is 0 Å². The minimum atomic E-state index is 0.485. The Bertz CT molecular complexity index is 949. The van der Waals surface area contributed by atoms with Crippen molar-refractivity contribution in [3.05, 3.63) is 59.2 Å². The van der Waals surface area contributed by atoms with Crippen LogP contribution in [0.5, 0.6) is 11.5 Å². The van der Waals surface area contributed by atoms with Crippen molar-refractivity contribution in [1.82, 2.24) is 9.97 Å². The lowest BCUT2D eigenvalue weighted by molar-refractivity contribution is 0.171. The van der Waals surface area contributed by atoms with E-state index in [1.165, 1.54) is 0 Å². The van der Waals surface area contributed by atoms with Crippen molar-refractivity contribution in [2.24, 2.45) is 0 Å². The first-order valence-electron chi connectivity index (χ1n) is 8.20. The molecule has 3 aromatic rings. The second kappa shape index (κ2) is 7.09. The molecular weight excluding hydrogens is 352 g/mol. The van der Waals surface area contributed by atoms with Crippen LogP contribution in [0.15, 0.2) is 48.7 Å². The maximum atomic E-state index is 6.00. The van der Waals surface area contributed by atoms with E-state index in [2.05, 4.69) is 20.6 Å². The minimum absolute atomic E-state index is 0.485. The number of nitrogens with zero attached hydrogens (tertiary/aromatic N) is 2. The van der Waals surface area contributed by atoms with Crippen molar-refractivity contribution in [1.29, 1.82) is 0 Å². The Kier molecular flexibility index (Phi) is 4.50. The van der Waals surface area contributed by atoms with Gasteiger partial charge in [0.05, 0.1) is 0 Å². The number of anilines is 4. The van der Waals surface area contributed by atoms with E-state index in [1.807, 2.05) is 49.4 Å². The molecule has 4 rings (SSSR count). The van der Waals surface area contributed by atoms with Gasteiger partial charge in [0.1, 0.15) is 19.0 Å². The summed E-state index contributed by atoms with van der Waals surface area (Å²) in [6.07, 6.45) is 1.70. The van der Waals surface area contributed by atoms with Gasteiger partial charge in [-0.25, -0.2) is 4.98 Å². The van der Waals surface area contributed by atoms with E-state index in [0.717, 1.165) is 22.7 Å². The molecule has 0 spiro atoms. The first-order chi connectivity index (χ1) is 12.7. The van der Waals surface area contributed by atoms with E-state index in [9.17, 15) is 0 Å². The normalized spacial score (nSPS) is 12.5. The van der Waals surface area contributed by atoms with Crippen LogP contribution < -0.4 is 20.1 Å². The van der Waals surface area contributed by atoms with Crippen LogP contribution in [0.25, 0.3) is 0 Å². The lowest BCUT2D eigenvalue weighted by Crippen LogP contribution is -2.15. The lowest BCUT2D eigenvalue weighted by Gasteiger charge is -2.19. The summed E-state index contributed by atoms with van der Waals surface area (Å²) < 4.78 is 11.1. The molecule has 0 saturated carbocycles. The van der Waals surface area contributed by atoms with Crippen molar-refractivity contribution in [3.63, 3.8) is 0 Å². The fraction of sp³-hybridized carbons (Fsp3) is 0.158. The second-order valence-corrected chi connectivity index (χ2v) is 6.27. The van der Waals surface area contributed by atoms with Gasteiger partial charge in [0.2, 0.25) is 5.95 Å². The molecule has 0 radical (unpaired) electrons. The molecule has 1 aliphatic rings. The number of nitrogens with one attached hydrogen (secondary N) is 2. The summed E-state index contributed by atoms with van der Waals surface area (Å²) in [4.78, 5) is 8.77. The standard InChI is InChI=1S/C19H17ClN4O2/c1-12-10-13(20)2-4-15(12)23-18-6-7-21-19(24-18)22-14-3-5-16-17(11-14)26-9-8-25-16/h2-7,10-11H,8-9H2,1H3,(H2,21,22,23,24). The molecule has 0 saturated heterocycles. The van der Waals surface area contributed by atoms with E-state index in [0.29, 0.717) is 35.8 Å². The summed E-state index contributed by atoms with van der Waals surface area (Å²) in [7, 11) is 0. The van der Waals surface area contributed by atoms with Gasteiger partial charge in [0.25, 0.3) is 0 Å². The molecule has 7 heteroatoms. The van der Waals surface area contributed by atoms with Crippen LogP contribution >= 0.6 is 11.6 Å². The van der Waals surface area contributed by atoms with E-state index in [-0.39, 0.29) is 0 Å². The Hall–Kier alpha value is -2.99. The number of rotatable bonds is 4. The van der Waals surface area contributed by atoms with Gasteiger partial charge in [0.15, 0.2) is 11.5 Å². The summed E-state index contributed by atoms with van der Waals surface area (Å²) in [6, 6.07) is 13.1. The molecule has 1 aromatic heterocycles. The van der Waals surface area contributed by atoms with Gasteiger partial charge >= 0.3 is 0 Å². The fourth-order valence-corrected chi connectivity index (χ4v) is 2.87. The van der Waals surface area contributed by atoms with Crippen LogP contribution in [0, 0.1) is 6.92 Å². The Morgan fingerprint density at radius 1 is 0.962 bits per heavy atom. The molecule has 132 valence electrons. The molecule has 26 heavy (non-hydrogen) atoms. The van der Waals surface area contributed by atoms with Crippen molar-refractivity contribution < 1.29 is 9.47 Å². The molecule has 0 atom stereocenters. The van der Waals surface area contributed by atoms with Gasteiger partial charge in [0, 0.05) is 28.7 Å². The van der Waals surface area contributed by atoms with Crippen LogP contribution in [0.1, 0.15) is 5.56 Å². The number of aryl methyl sites for hydroxylation is 1. The van der Waals surface area contributed by atoms with E-state index in [1.54, 1.807) is 6.20 Å². The third-order valence-corrected chi connectivity index (χ3v) is 4.14. The van der Waals surface area contributed by atoms with E-state index < -0.39 is 0 Å². The van der Waals surface area contributed by atoms with Gasteiger partial charge in [-0.1, -0.05) is 11.6 Å². The third kappa shape index (κ3) is 3.65. The Morgan fingerprint density at radius 2 is 1.81 bits per heavy atom. The first-order valence-corrected chi connectivity index (χ1v) is 8.58. The zero-order chi connectivity index (χ0) is 17.9. The molecule has 2 aromatic carbocycles. The number of ether oxygens (including phenoxy) is 2. The predicted molar refractivity (Wildman–Crippen MR) is 102 cm³/mol. The summed E-state index contributed by atoms with van der Waals surface area (Å²) in [6.45, 7) is 3.11. The molecule has 6 nitrogen and oxygen atoms in total. The van der Waals surface area contributed by atoms with Crippen LogP contribution in [-0.4, -0.2) is 23.2 Å². The number of benzene rings is 2. The molecular formula is C19H17ClN4O2. The molecule has 0 unspecified atom stereocenters. The van der Waals surface area contributed by atoms with Crippen molar-refractivity contribution >= 4 is 34.7 Å². The Labute approximate surface area is 156 Å². The highest BCUT2D eigenvalue weighted by Gasteiger charge is 2.12. The number of hydrogen-bond donors (Lipinski definition) is 2. The van der Waals surface area contributed by atoms with Crippen LogP contribution in [0.3, 0.4) is 0 Å². The number of hydrogen-bond acceptors (Lipinski definition) is 6. The smallest absolute Gasteiger partial charge is 0.229 e.